The van der Waals surface area contributed by atoms with E-state index in [9.17, 15) is 0 Å². The molecule has 2 aliphatic rings. The van der Waals surface area contributed by atoms with Crippen LogP contribution in [0.15, 0.2) is 42.5 Å². The predicted molar refractivity (Wildman–Crippen MR) is 75.5 cm³/mol. The molecule has 1 fully saturated rings. The Kier molecular flexibility index (Phi) is 3.77. The highest BCUT2D eigenvalue weighted by molar-refractivity contribution is 5.20. The van der Waals surface area contributed by atoms with Crippen LogP contribution in [0, 0.1) is 0 Å². The molecule has 0 spiro atoms. The van der Waals surface area contributed by atoms with Gasteiger partial charge in [0.1, 0.15) is 0 Å². The monoisotopic (exact) mass is 242 g/mol. The highest BCUT2D eigenvalue weighted by Crippen LogP contribution is 2.23. The number of benzene rings is 1. The zero-order valence-electron chi connectivity index (χ0n) is 10.9. The Morgan fingerprint density at radius 1 is 1.11 bits per heavy atom. The van der Waals surface area contributed by atoms with Crippen LogP contribution in [0.3, 0.4) is 0 Å². The molecule has 0 saturated carbocycles. The van der Waals surface area contributed by atoms with E-state index < -0.39 is 0 Å². The number of rotatable bonds is 2. The van der Waals surface area contributed by atoms with Gasteiger partial charge in [-0.2, -0.15) is 0 Å². The molecule has 2 heteroatoms. The minimum atomic E-state index is 0.505. The molecule has 1 aliphatic carbocycles. The van der Waals surface area contributed by atoms with Crippen LogP contribution >= 0.6 is 0 Å². The van der Waals surface area contributed by atoms with Crippen LogP contribution in [-0.2, 0) is 0 Å². The lowest BCUT2D eigenvalue weighted by molar-refractivity contribution is 0.135. The maximum absolute atomic E-state index is 3.64. The van der Waals surface area contributed by atoms with Gasteiger partial charge >= 0.3 is 0 Å². The van der Waals surface area contributed by atoms with E-state index in [1.165, 1.54) is 31.4 Å². The van der Waals surface area contributed by atoms with Gasteiger partial charge in [-0.15, -0.1) is 0 Å². The Morgan fingerprint density at radius 3 is 2.78 bits per heavy atom. The molecule has 1 aliphatic heterocycles. The standard InChI is InChI=1S/C16H22N2/c1-3-7-14(8-4-1)16-13-18(12-11-17-16)15-9-5-2-6-10-15/h1-5,7-8,15-17H,6,9-13H2. The topological polar surface area (TPSA) is 15.3 Å². The normalized spacial score (nSPS) is 29.3. The zero-order chi connectivity index (χ0) is 12.2. The fourth-order valence-electron chi connectivity index (χ4n) is 3.12. The molecular formula is C16H22N2. The summed E-state index contributed by atoms with van der Waals surface area (Å²) < 4.78 is 0. The van der Waals surface area contributed by atoms with Gasteiger partial charge in [0.15, 0.2) is 0 Å². The van der Waals surface area contributed by atoms with Crippen LogP contribution in [0.1, 0.15) is 30.9 Å². The first kappa shape index (κ1) is 11.9. The van der Waals surface area contributed by atoms with Gasteiger partial charge in [0.05, 0.1) is 0 Å². The number of nitrogens with one attached hydrogen (secondary N) is 1. The Bertz CT molecular complexity index is 399. The third kappa shape index (κ3) is 2.65. The van der Waals surface area contributed by atoms with Crippen molar-refractivity contribution in [2.24, 2.45) is 0 Å². The second-order valence-corrected chi connectivity index (χ2v) is 5.35. The molecule has 0 amide bonds. The fourth-order valence-corrected chi connectivity index (χ4v) is 3.12. The van der Waals surface area contributed by atoms with Gasteiger partial charge in [-0.25, -0.2) is 0 Å². The first-order chi connectivity index (χ1) is 8.93. The van der Waals surface area contributed by atoms with E-state index in [2.05, 4.69) is 52.7 Å². The van der Waals surface area contributed by atoms with E-state index in [-0.39, 0.29) is 0 Å². The van der Waals surface area contributed by atoms with Crippen LogP contribution in [0.2, 0.25) is 0 Å². The van der Waals surface area contributed by atoms with Crippen LogP contribution in [0.5, 0.6) is 0 Å². The largest absolute Gasteiger partial charge is 0.308 e. The SMILES string of the molecule is C1=CCC(N2CCNC(c3ccccc3)C2)CC1. The molecule has 1 aromatic rings. The summed E-state index contributed by atoms with van der Waals surface area (Å²) in [7, 11) is 0. The second kappa shape index (κ2) is 5.68. The maximum Gasteiger partial charge on any atom is 0.0449 e. The van der Waals surface area contributed by atoms with E-state index in [0.29, 0.717) is 6.04 Å². The first-order valence-corrected chi connectivity index (χ1v) is 7.11. The number of piperazine rings is 1. The lowest BCUT2D eigenvalue weighted by Crippen LogP contribution is -2.50. The van der Waals surface area contributed by atoms with Gasteiger partial charge in [-0.05, 0) is 24.8 Å². The molecule has 2 unspecified atom stereocenters. The lowest BCUT2D eigenvalue weighted by atomic mass is 9.97. The fraction of sp³-hybridized carbons (Fsp3) is 0.500. The van der Waals surface area contributed by atoms with E-state index >= 15 is 0 Å². The van der Waals surface area contributed by atoms with Crippen molar-refractivity contribution >= 4 is 0 Å². The molecule has 2 nitrogen and oxygen atoms in total. The number of allylic oxidation sites excluding steroid dienone is 1. The molecule has 3 rings (SSSR count). The van der Waals surface area contributed by atoms with Crippen molar-refractivity contribution in [2.75, 3.05) is 19.6 Å². The summed E-state index contributed by atoms with van der Waals surface area (Å²) in [5.41, 5.74) is 1.42. The zero-order valence-corrected chi connectivity index (χ0v) is 10.9. The summed E-state index contributed by atoms with van der Waals surface area (Å²) in [4.78, 5) is 2.68. The van der Waals surface area contributed by atoms with Crippen molar-refractivity contribution in [3.63, 3.8) is 0 Å². The van der Waals surface area contributed by atoms with Crippen molar-refractivity contribution in [2.45, 2.75) is 31.3 Å². The summed E-state index contributed by atoms with van der Waals surface area (Å²) in [6.45, 7) is 3.46. The molecule has 1 aromatic carbocycles. The average molecular weight is 242 g/mol. The Balaban J connectivity index is 1.66. The Morgan fingerprint density at radius 2 is 2.00 bits per heavy atom. The van der Waals surface area contributed by atoms with Crippen molar-refractivity contribution in [3.05, 3.63) is 48.0 Å². The molecule has 1 N–H and O–H groups in total. The van der Waals surface area contributed by atoms with E-state index in [0.717, 1.165) is 19.1 Å². The quantitative estimate of drug-likeness (QED) is 0.802. The second-order valence-electron chi connectivity index (χ2n) is 5.35. The first-order valence-electron chi connectivity index (χ1n) is 7.11. The van der Waals surface area contributed by atoms with E-state index in [4.69, 9.17) is 0 Å². The summed E-state index contributed by atoms with van der Waals surface area (Å²) in [5.74, 6) is 0. The van der Waals surface area contributed by atoms with Crippen LogP contribution in [0.4, 0.5) is 0 Å². The van der Waals surface area contributed by atoms with Gasteiger partial charge in [-0.3, -0.25) is 4.90 Å². The van der Waals surface area contributed by atoms with Gasteiger partial charge in [0.2, 0.25) is 0 Å². The maximum atomic E-state index is 3.64. The van der Waals surface area contributed by atoms with E-state index in [1.807, 2.05) is 0 Å². The highest BCUT2D eigenvalue weighted by atomic mass is 15.2. The molecule has 1 saturated heterocycles. The Labute approximate surface area is 110 Å². The molecule has 18 heavy (non-hydrogen) atoms. The number of hydrogen-bond donors (Lipinski definition) is 1. The third-order valence-electron chi connectivity index (χ3n) is 4.17. The van der Waals surface area contributed by atoms with Crippen molar-refractivity contribution in [1.29, 1.82) is 0 Å². The minimum absolute atomic E-state index is 0.505. The van der Waals surface area contributed by atoms with Gasteiger partial charge < -0.3 is 5.32 Å². The summed E-state index contributed by atoms with van der Waals surface area (Å²) >= 11 is 0. The highest BCUT2D eigenvalue weighted by Gasteiger charge is 2.26. The smallest absolute Gasteiger partial charge is 0.0449 e. The van der Waals surface area contributed by atoms with Crippen LogP contribution in [0.25, 0.3) is 0 Å². The Hall–Kier alpha value is -1.12. The summed E-state index contributed by atoms with van der Waals surface area (Å²) in [6, 6.07) is 12.1. The predicted octanol–water partition coefficient (Wildman–Crippen LogP) is 2.74. The molecular weight excluding hydrogens is 220 g/mol. The molecule has 0 aromatic heterocycles. The average Bonchev–Trinajstić information content (AvgIpc) is 2.49. The molecule has 0 bridgehead atoms. The third-order valence-corrected chi connectivity index (χ3v) is 4.17. The molecule has 1 heterocycles. The van der Waals surface area contributed by atoms with E-state index in [1.54, 1.807) is 0 Å². The van der Waals surface area contributed by atoms with Gasteiger partial charge in [0.25, 0.3) is 0 Å². The summed E-state index contributed by atoms with van der Waals surface area (Å²) in [6.07, 6.45) is 8.51. The minimum Gasteiger partial charge on any atom is -0.308 e. The number of nitrogens with zero attached hydrogens (tertiary/aromatic N) is 1. The van der Waals surface area contributed by atoms with Crippen LogP contribution in [-0.4, -0.2) is 30.6 Å². The molecule has 96 valence electrons. The summed E-state index contributed by atoms with van der Waals surface area (Å²) in [5, 5.41) is 3.64. The molecule has 0 radical (unpaired) electrons. The number of hydrogen-bond acceptors (Lipinski definition) is 2. The van der Waals surface area contributed by atoms with Crippen LogP contribution < -0.4 is 5.32 Å². The van der Waals surface area contributed by atoms with Gasteiger partial charge in [-0.1, -0.05) is 42.5 Å². The lowest BCUT2D eigenvalue weighted by Gasteiger charge is -2.39. The van der Waals surface area contributed by atoms with Crippen molar-refractivity contribution in [3.8, 4) is 0 Å². The molecule has 2 atom stereocenters. The van der Waals surface area contributed by atoms with Crippen molar-refractivity contribution < 1.29 is 0 Å². The van der Waals surface area contributed by atoms with Crippen molar-refractivity contribution in [1.82, 2.24) is 10.2 Å². The van der Waals surface area contributed by atoms with Gasteiger partial charge in [0, 0.05) is 31.7 Å².